The Kier molecular flexibility index (Phi) is 7.67. The van der Waals surface area contributed by atoms with E-state index < -0.39 is 0 Å². The number of carbonyl (C=O) groups excluding carboxylic acids is 2. The van der Waals surface area contributed by atoms with Crippen molar-refractivity contribution in [3.05, 3.63) is 60.2 Å². The zero-order valence-electron chi connectivity index (χ0n) is 16.1. The van der Waals surface area contributed by atoms with Crippen molar-refractivity contribution >= 4 is 17.6 Å². The molecule has 1 unspecified atom stereocenters. The summed E-state index contributed by atoms with van der Waals surface area (Å²) in [7, 11) is 3.36. The monoisotopic (exact) mass is 369 g/mol. The van der Waals surface area contributed by atoms with E-state index >= 15 is 0 Å². The maximum Gasteiger partial charge on any atom is 0.319 e. The molecule has 2 aromatic carbocycles. The molecule has 144 valence electrons. The van der Waals surface area contributed by atoms with Crippen LogP contribution in [0.2, 0.25) is 0 Å². The lowest BCUT2D eigenvalue weighted by atomic mass is 9.97. The number of likely N-dealkylation sites (N-methyl/N-ethyl adjacent to an activating group) is 1. The predicted molar refractivity (Wildman–Crippen MR) is 107 cm³/mol. The average Bonchev–Trinajstić information content (AvgIpc) is 2.68. The molecule has 2 N–H and O–H groups in total. The molecule has 0 aliphatic rings. The first-order chi connectivity index (χ1) is 13.0. The van der Waals surface area contributed by atoms with E-state index in [2.05, 4.69) is 29.7 Å². The summed E-state index contributed by atoms with van der Waals surface area (Å²) in [5.41, 5.74) is 1.88. The van der Waals surface area contributed by atoms with Gasteiger partial charge in [-0.15, -0.1) is 0 Å². The highest BCUT2D eigenvalue weighted by Crippen LogP contribution is 2.18. The van der Waals surface area contributed by atoms with Gasteiger partial charge in [0.25, 0.3) is 5.91 Å². The Hall–Kier alpha value is -3.02. The molecule has 3 amide bonds. The minimum atomic E-state index is -0.249. The van der Waals surface area contributed by atoms with E-state index in [1.165, 1.54) is 10.5 Å². The minimum absolute atomic E-state index is 0.0157. The van der Waals surface area contributed by atoms with Crippen molar-refractivity contribution in [2.24, 2.45) is 0 Å². The van der Waals surface area contributed by atoms with E-state index in [0.29, 0.717) is 18.0 Å². The molecule has 1 atom stereocenters. The second kappa shape index (κ2) is 10.2. The van der Waals surface area contributed by atoms with Gasteiger partial charge >= 0.3 is 6.03 Å². The van der Waals surface area contributed by atoms with Crippen LogP contribution in [-0.4, -0.2) is 44.1 Å². The molecule has 27 heavy (non-hydrogen) atoms. The molecular formula is C21H27N3O3. The lowest BCUT2D eigenvalue weighted by molar-refractivity contribution is -0.130. The third-order valence-corrected chi connectivity index (χ3v) is 4.25. The molecule has 0 aliphatic heterocycles. The van der Waals surface area contributed by atoms with Crippen LogP contribution >= 0.6 is 0 Å². The summed E-state index contributed by atoms with van der Waals surface area (Å²) >= 11 is 0. The standard InChI is InChI=1S/C21H27N3O3/c1-4-16(17-8-6-5-7-9-17)14-22-21(26)23-18-10-12-19(13-11-18)27-15-20(25)24(2)3/h5-13,16H,4,14-15H2,1-3H3,(H2,22,23,26). The first-order valence-electron chi connectivity index (χ1n) is 9.02. The van der Waals surface area contributed by atoms with E-state index in [1.54, 1.807) is 38.4 Å². The van der Waals surface area contributed by atoms with Gasteiger partial charge in [-0.1, -0.05) is 37.3 Å². The van der Waals surface area contributed by atoms with Gasteiger partial charge in [-0.25, -0.2) is 4.79 Å². The molecule has 2 aromatic rings. The first kappa shape index (κ1) is 20.3. The Bertz CT molecular complexity index is 730. The number of rotatable bonds is 8. The van der Waals surface area contributed by atoms with Crippen molar-refractivity contribution in [2.75, 3.05) is 32.6 Å². The summed E-state index contributed by atoms with van der Waals surface area (Å²) in [5, 5.41) is 5.72. The van der Waals surface area contributed by atoms with Gasteiger partial charge in [-0.3, -0.25) is 4.79 Å². The number of urea groups is 1. The zero-order valence-corrected chi connectivity index (χ0v) is 16.1. The molecule has 0 spiro atoms. The Morgan fingerprint density at radius 2 is 1.70 bits per heavy atom. The summed E-state index contributed by atoms with van der Waals surface area (Å²) in [6, 6.07) is 16.8. The number of nitrogens with zero attached hydrogens (tertiary/aromatic N) is 1. The highest BCUT2D eigenvalue weighted by molar-refractivity contribution is 5.89. The summed E-state index contributed by atoms with van der Waals surface area (Å²) in [6.07, 6.45) is 0.946. The molecule has 0 aromatic heterocycles. The zero-order chi connectivity index (χ0) is 19.6. The van der Waals surface area contributed by atoms with E-state index in [0.717, 1.165) is 6.42 Å². The number of amides is 3. The van der Waals surface area contributed by atoms with Crippen LogP contribution in [0.15, 0.2) is 54.6 Å². The van der Waals surface area contributed by atoms with Crippen LogP contribution in [0.4, 0.5) is 10.5 Å². The number of ether oxygens (including phenoxy) is 1. The highest BCUT2D eigenvalue weighted by atomic mass is 16.5. The van der Waals surface area contributed by atoms with Gasteiger partial charge in [0.05, 0.1) is 0 Å². The molecule has 0 bridgehead atoms. The maximum absolute atomic E-state index is 12.1. The van der Waals surface area contributed by atoms with Crippen LogP contribution < -0.4 is 15.4 Å². The Labute approximate surface area is 160 Å². The largest absolute Gasteiger partial charge is 0.484 e. The van der Waals surface area contributed by atoms with Crippen LogP contribution in [0.5, 0.6) is 5.75 Å². The predicted octanol–water partition coefficient (Wildman–Crippen LogP) is 3.47. The molecule has 6 nitrogen and oxygen atoms in total. The van der Waals surface area contributed by atoms with Gasteiger partial charge in [0.1, 0.15) is 5.75 Å². The molecule has 0 radical (unpaired) electrons. The van der Waals surface area contributed by atoms with Crippen LogP contribution in [0, 0.1) is 0 Å². The smallest absolute Gasteiger partial charge is 0.319 e. The molecule has 6 heteroatoms. The fourth-order valence-electron chi connectivity index (χ4n) is 2.52. The van der Waals surface area contributed by atoms with Crippen molar-refractivity contribution in [3.63, 3.8) is 0 Å². The van der Waals surface area contributed by atoms with Crippen molar-refractivity contribution in [1.82, 2.24) is 10.2 Å². The molecule has 0 heterocycles. The molecular weight excluding hydrogens is 342 g/mol. The van der Waals surface area contributed by atoms with E-state index in [1.807, 2.05) is 18.2 Å². The molecule has 0 saturated heterocycles. The Morgan fingerprint density at radius 3 is 2.30 bits per heavy atom. The molecule has 0 saturated carbocycles. The minimum Gasteiger partial charge on any atom is -0.484 e. The maximum atomic E-state index is 12.1. The second-order valence-corrected chi connectivity index (χ2v) is 6.45. The first-order valence-corrected chi connectivity index (χ1v) is 9.02. The molecule has 0 aliphatic carbocycles. The van der Waals surface area contributed by atoms with Crippen molar-refractivity contribution in [3.8, 4) is 5.75 Å². The number of anilines is 1. The van der Waals surface area contributed by atoms with Crippen molar-refractivity contribution in [2.45, 2.75) is 19.3 Å². The molecule has 0 fully saturated rings. The topological polar surface area (TPSA) is 70.7 Å². The van der Waals surface area contributed by atoms with Crippen molar-refractivity contribution < 1.29 is 14.3 Å². The fraction of sp³-hybridized carbons (Fsp3) is 0.333. The third-order valence-electron chi connectivity index (χ3n) is 4.25. The number of hydrogen-bond donors (Lipinski definition) is 2. The Morgan fingerprint density at radius 1 is 1.04 bits per heavy atom. The number of benzene rings is 2. The fourth-order valence-corrected chi connectivity index (χ4v) is 2.52. The number of nitrogens with one attached hydrogen (secondary N) is 2. The van der Waals surface area contributed by atoms with Gasteiger partial charge < -0.3 is 20.3 Å². The van der Waals surface area contributed by atoms with Gasteiger partial charge in [0.2, 0.25) is 0 Å². The van der Waals surface area contributed by atoms with Crippen LogP contribution in [0.25, 0.3) is 0 Å². The third kappa shape index (κ3) is 6.66. The summed E-state index contributed by atoms with van der Waals surface area (Å²) in [5.74, 6) is 0.744. The van der Waals surface area contributed by atoms with E-state index in [9.17, 15) is 9.59 Å². The number of hydrogen-bond acceptors (Lipinski definition) is 3. The number of carbonyl (C=O) groups is 2. The summed E-state index contributed by atoms with van der Waals surface area (Å²) in [4.78, 5) is 25.1. The van der Waals surface area contributed by atoms with E-state index in [-0.39, 0.29) is 24.5 Å². The van der Waals surface area contributed by atoms with Gasteiger partial charge in [-0.05, 0) is 36.2 Å². The highest BCUT2D eigenvalue weighted by Gasteiger charge is 2.11. The lowest BCUT2D eigenvalue weighted by Gasteiger charge is -2.16. The summed E-state index contributed by atoms with van der Waals surface area (Å²) < 4.78 is 5.41. The Balaban J connectivity index is 1.80. The average molecular weight is 369 g/mol. The normalized spacial score (nSPS) is 11.4. The quantitative estimate of drug-likeness (QED) is 0.748. The van der Waals surface area contributed by atoms with Crippen LogP contribution in [-0.2, 0) is 4.79 Å². The van der Waals surface area contributed by atoms with Crippen molar-refractivity contribution in [1.29, 1.82) is 0 Å². The van der Waals surface area contributed by atoms with Crippen LogP contribution in [0.3, 0.4) is 0 Å². The van der Waals surface area contributed by atoms with Gasteiger partial charge in [0, 0.05) is 32.2 Å². The lowest BCUT2D eigenvalue weighted by Crippen LogP contribution is -2.32. The van der Waals surface area contributed by atoms with Gasteiger partial charge in [-0.2, -0.15) is 0 Å². The van der Waals surface area contributed by atoms with Crippen LogP contribution in [0.1, 0.15) is 24.8 Å². The molecule has 2 rings (SSSR count). The summed E-state index contributed by atoms with van der Waals surface area (Å²) in [6.45, 7) is 2.66. The SMILES string of the molecule is CCC(CNC(=O)Nc1ccc(OCC(=O)N(C)C)cc1)c1ccccc1. The van der Waals surface area contributed by atoms with E-state index in [4.69, 9.17) is 4.74 Å². The second-order valence-electron chi connectivity index (χ2n) is 6.45. The van der Waals surface area contributed by atoms with Gasteiger partial charge in [0.15, 0.2) is 6.61 Å².